The number of nitrogens with one attached hydrogen (secondary N) is 2. The maximum atomic E-state index is 5.46. The molecule has 0 saturated carbocycles. The molecular weight excluding hydrogens is 350 g/mol. The van der Waals surface area contributed by atoms with Crippen LogP contribution in [0.3, 0.4) is 0 Å². The number of para-hydroxylation sites is 1. The highest BCUT2D eigenvalue weighted by molar-refractivity contribution is 7.71. The van der Waals surface area contributed by atoms with E-state index >= 15 is 0 Å². The fourth-order valence-electron chi connectivity index (χ4n) is 2.38. The first kappa shape index (κ1) is 17.7. The molecule has 134 valence electrons. The van der Waals surface area contributed by atoms with E-state index in [1.165, 1.54) is 0 Å². The van der Waals surface area contributed by atoms with Crippen molar-refractivity contribution in [3.05, 3.63) is 58.9 Å². The molecule has 0 radical (unpaired) electrons. The highest BCUT2D eigenvalue weighted by Crippen LogP contribution is 2.20. The molecule has 1 aromatic heterocycles. The third-order valence-corrected chi connectivity index (χ3v) is 3.87. The summed E-state index contributed by atoms with van der Waals surface area (Å²) in [7, 11) is 1.62. The second-order valence-corrected chi connectivity index (χ2v) is 5.63. The monoisotopic (exact) mass is 369 g/mol. The summed E-state index contributed by atoms with van der Waals surface area (Å²) in [5.74, 6) is 2.16. The summed E-state index contributed by atoms with van der Waals surface area (Å²) in [6.45, 7) is 2.57. The molecule has 0 aliphatic carbocycles. The average Bonchev–Trinajstić information content (AvgIpc) is 3.04. The second kappa shape index (κ2) is 8.30. The number of hydrogen-bond donors (Lipinski definition) is 2. The zero-order valence-corrected chi connectivity index (χ0v) is 15.3. The van der Waals surface area contributed by atoms with Crippen molar-refractivity contribution in [1.29, 1.82) is 0 Å². The lowest BCUT2D eigenvalue weighted by atomic mass is 10.2. The summed E-state index contributed by atoms with van der Waals surface area (Å²) in [4.78, 5) is 0. The smallest absolute Gasteiger partial charge is 0.216 e. The quantitative estimate of drug-likeness (QED) is 0.378. The summed E-state index contributed by atoms with van der Waals surface area (Å²) in [5.41, 5.74) is 4.62. The molecule has 26 heavy (non-hydrogen) atoms. The highest BCUT2D eigenvalue weighted by atomic mass is 32.1. The van der Waals surface area contributed by atoms with Gasteiger partial charge >= 0.3 is 0 Å². The van der Waals surface area contributed by atoms with Crippen LogP contribution in [0.1, 0.15) is 12.5 Å². The van der Waals surface area contributed by atoms with Gasteiger partial charge in [0.1, 0.15) is 11.5 Å². The number of hydrazone groups is 1. The van der Waals surface area contributed by atoms with E-state index < -0.39 is 0 Å². The van der Waals surface area contributed by atoms with Crippen molar-refractivity contribution < 1.29 is 9.47 Å². The first-order valence-electron chi connectivity index (χ1n) is 8.05. The zero-order chi connectivity index (χ0) is 18.4. The molecule has 0 amide bonds. The van der Waals surface area contributed by atoms with Gasteiger partial charge in [0, 0.05) is 11.1 Å². The van der Waals surface area contributed by atoms with Gasteiger partial charge in [-0.1, -0.05) is 12.1 Å². The predicted octanol–water partition coefficient (Wildman–Crippen LogP) is 3.59. The highest BCUT2D eigenvalue weighted by Gasteiger charge is 2.08. The Balaban J connectivity index is 1.82. The van der Waals surface area contributed by atoms with Gasteiger partial charge in [-0.2, -0.15) is 14.9 Å². The van der Waals surface area contributed by atoms with E-state index in [4.69, 9.17) is 21.7 Å². The molecule has 0 atom stereocenters. The van der Waals surface area contributed by atoms with Gasteiger partial charge in [0.15, 0.2) is 5.82 Å². The Hall–Kier alpha value is -3.13. The number of H-pyrrole nitrogens is 1. The molecule has 0 fully saturated rings. The summed E-state index contributed by atoms with van der Waals surface area (Å²) in [6.07, 6.45) is 1.66. The number of nitrogens with zero attached hydrogens (tertiary/aromatic N) is 3. The summed E-state index contributed by atoms with van der Waals surface area (Å²) in [5, 5.41) is 11.3. The number of benzene rings is 2. The van der Waals surface area contributed by atoms with Crippen molar-refractivity contribution in [1.82, 2.24) is 14.9 Å². The maximum Gasteiger partial charge on any atom is 0.216 e. The van der Waals surface area contributed by atoms with Crippen LogP contribution in [0, 0.1) is 4.77 Å². The van der Waals surface area contributed by atoms with E-state index in [1.807, 2.05) is 55.5 Å². The van der Waals surface area contributed by atoms with Crippen LogP contribution in [0.15, 0.2) is 53.6 Å². The van der Waals surface area contributed by atoms with Gasteiger partial charge in [-0.15, -0.1) is 0 Å². The molecule has 3 aromatic rings. The third-order valence-electron chi connectivity index (χ3n) is 3.60. The van der Waals surface area contributed by atoms with Gasteiger partial charge in [0.05, 0.1) is 19.9 Å². The number of aromatic amines is 1. The fraction of sp³-hybridized carbons (Fsp3) is 0.167. The number of ether oxygens (including phenoxy) is 2. The summed E-state index contributed by atoms with van der Waals surface area (Å²) < 4.78 is 12.8. The van der Waals surface area contributed by atoms with Crippen molar-refractivity contribution in [3.8, 4) is 22.9 Å². The molecule has 0 spiro atoms. The first-order valence-corrected chi connectivity index (χ1v) is 8.46. The number of methoxy groups -OCH3 is 1. The zero-order valence-electron chi connectivity index (χ0n) is 14.5. The van der Waals surface area contributed by atoms with Crippen molar-refractivity contribution in [2.75, 3.05) is 19.3 Å². The largest absolute Gasteiger partial charge is 0.496 e. The average molecular weight is 369 g/mol. The van der Waals surface area contributed by atoms with Crippen LogP contribution in [-0.4, -0.2) is 34.8 Å². The van der Waals surface area contributed by atoms with Crippen molar-refractivity contribution >= 4 is 18.4 Å². The van der Waals surface area contributed by atoms with Gasteiger partial charge in [-0.25, -0.2) is 10.6 Å². The maximum absolute atomic E-state index is 5.46. The molecule has 0 bridgehead atoms. The molecule has 8 heteroatoms. The lowest BCUT2D eigenvalue weighted by molar-refractivity contribution is 0.340. The second-order valence-electron chi connectivity index (χ2n) is 5.25. The minimum atomic E-state index is 0.408. The lowest BCUT2D eigenvalue weighted by Gasteiger charge is -2.07. The Bertz CT molecular complexity index is 947. The standard InChI is InChI=1S/C18H19N5O2S/c1-3-25-15-10-8-13(9-11-15)17-20-21-18(26)23(17)22-19-12-14-6-4-5-7-16(14)24-2/h4-12,22H,3H2,1-2H3,(H,21,26)/b19-12-. The van der Waals surface area contributed by atoms with Crippen molar-refractivity contribution in [2.24, 2.45) is 5.10 Å². The van der Waals surface area contributed by atoms with Crippen LogP contribution in [0.2, 0.25) is 0 Å². The van der Waals surface area contributed by atoms with E-state index in [2.05, 4.69) is 20.8 Å². The third kappa shape index (κ3) is 3.92. The van der Waals surface area contributed by atoms with Crippen LogP contribution < -0.4 is 15.0 Å². The van der Waals surface area contributed by atoms with Crippen LogP contribution >= 0.6 is 12.2 Å². The van der Waals surface area contributed by atoms with Gasteiger partial charge in [0.2, 0.25) is 4.77 Å². The van der Waals surface area contributed by atoms with E-state index in [1.54, 1.807) is 18.0 Å². The number of hydrogen-bond acceptors (Lipinski definition) is 6. The lowest BCUT2D eigenvalue weighted by Crippen LogP contribution is -2.10. The number of rotatable bonds is 7. The first-order chi connectivity index (χ1) is 12.7. The normalized spacial score (nSPS) is 10.8. The Morgan fingerprint density at radius 3 is 2.73 bits per heavy atom. The molecule has 0 saturated heterocycles. The van der Waals surface area contributed by atoms with Gasteiger partial charge in [-0.05, 0) is 55.5 Å². The summed E-state index contributed by atoms with van der Waals surface area (Å²) >= 11 is 5.28. The fourth-order valence-corrected chi connectivity index (χ4v) is 2.55. The van der Waals surface area contributed by atoms with Crippen LogP contribution in [0.25, 0.3) is 11.4 Å². The Morgan fingerprint density at radius 2 is 2.00 bits per heavy atom. The Kier molecular flexibility index (Phi) is 5.65. The number of aromatic nitrogens is 3. The molecule has 2 N–H and O–H groups in total. The molecule has 3 rings (SSSR count). The molecule has 2 aromatic carbocycles. The van der Waals surface area contributed by atoms with Crippen molar-refractivity contribution in [3.63, 3.8) is 0 Å². The van der Waals surface area contributed by atoms with E-state index in [0.29, 0.717) is 17.2 Å². The minimum Gasteiger partial charge on any atom is -0.496 e. The van der Waals surface area contributed by atoms with Gasteiger partial charge in [0.25, 0.3) is 0 Å². The molecular formula is C18H19N5O2S. The molecule has 0 aliphatic rings. The molecule has 1 heterocycles. The Labute approximate surface area is 156 Å². The molecule has 7 nitrogen and oxygen atoms in total. The SMILES string of the molecule is CCOc1ccc(-c2n[nH]c(=S)n2N/N=C\c2ccccc2OC)cc1. The predicted molar refractivity (Wildman–Crippen MR) is 104 cm³/mol. The molecule has 0 unspecified atom stereocenters. The van der Waals surface area contributed by atoms with Gasteiger partial charge < -0.3 is 9.47 Å². The minimum absolute atomic E-state index is 0.408. The van der Waals surface area contributed by atoms with E-state index in [-0.39, 0.29) is 0 Å². The van der Waals surface area contributed by atoms with E-state index in [9.17, 15) is 0 Å². The Morgan fingerprint density at radius 1 is 1.23 bits per heavy atom. The van der Waals surface area contributed by atoms with E-state index in [0.717, 1.165) is 22.6 Å². The van der Waals surface area contributed by atoms with Crippen molar-refractivity contribution in [2.45, 2.75) is 6.92 Å². The van der Waals surface area contributed by atoms with Crippen LogP contribution in [0.5, 0.6) is 11.5 Å². The topological polar surface area (TPSA) is 76.5 Å². The van der Waals surface area contributed by atoms with Crippen LogP contribution in [-0.2, 0) is 0 Å². The molecule has 0 aliphatic heterocycles. The van der Waals surface area contributed by atoms with Gasteiger partial charge in [-0.3, -0.25) is 0 Å². The van der Waals surface area contributed by atoms with Crippen LogP contribution in [0.4, 0.5) is 0 Å². The summed E-state index contributed by atoms with van der Waals surface area (Å²) in [6, 6.07) is 15.2.